The maximum atomic E-state index is 12.0. The molecule has 134 valence electrons. The molecule has 3 N–H and O–H groups in total. The molecule has 1 aliphatic carbocycles. The van der Waals surface area contributed by atoms with E-state index in [1.54, 1.807) is 0 Å². The lowest BCUT2D eigenvalue weighted by molar-refractivity contribution is 0.0276. The van der Waals surface area contributed by atoms with Crippen LogP contribution in [0.1, 0.15) is 58.8 Å². The van der Waals surface area contributed by atoms with Gasteiger partial charge in [-0.3, -0.25) is 0 Å². The third-order valence-electron chi connectivity index (χ3n) is 5.16. The van der Waals surface area contributed by atoms with Gasteiger partial charge in [0.25, 0.3) is 0 Å². The highest BCUT2D eigenvalue weighted by Crippen LogP contribution is 2.26. The summed E-state index contributed by atoms with van der Waals surface area (Å²) in [5.41, 5.74) is -0.699. The standard InChI is InChI=1S/C18H35N3O2/c1-15(2)12-21-10-7-16(13-21)11-19-17(22)20-14-18(23)8-5-3-4-6-9-18/h15-16,23H,3-14H2,1-2H3,(H2,19,20,22). The molecule has 5 heteroatoms. The largest absolute Gasteiger partial charge is 0.388 e. The molecule has 23 heavy (non-hydrogen) atoms. The summed E-state index contributed by atoms with van der Waals surface area (Å²) in [6, 6.07) is -0.134. The molecule has 0 bridgehead atoms. The average molecular weight is 325 g/mol. The molecule has 5 nitrogen and oxygen atoms in total. The van der Waals surface area contributed by atoms with Crippen molar-refractivity contribution in [1.29, 1.82) is 0 Å². The number of hydrogen-bond donors (Lipinski definition) is 3. The number of amides is 2. The third-order valence-corrected chi connectivity index (χ3v) is 5.16. The normalized spacial score (nSPS) is 25.3. The number of nitrogens with one attached hydrogen (secondary N) is 2. The van der Waals surface area contributed by atoms with E-state index in [4.69, 9.17) is 0 Å². The number of nitrogens with zero attached hydrogens (tertiary/aromatic N) is 1. The minimum absolute atomic E-state index is 0.134. The Morgan fingerprint density at radius 1 is 1.22 bits per heavy atom. The maximum absolute atomic E-state index is 12.0. The molecule has 0 aromatic carbocycles. The van der Waals surface area contributed by atoms with E-state index in [0.717, 1.165) is 58.3 Å². The van der Waals surface area contributed by atoms with Gasteiger partial charge in [0.15, 0.2) is 0 Å². The van der Waals surface area contributed by atoms with Crippen LogP contribution in [0.25, 0.3) is 0 Å². The number of rotatable bonds is 6. The van der Waals surface area contributed by atoms with Crippen LogP contribution in [0.15, 0.2) is 0 Å². The molecule has 0 spiro atoms. The van der Waals surface area contributed by atoms with Crippen molar-refractivity contribution in [3.8, 4) is 0 Å². The molecular weight excluding hydrogens is 290 g/mol. The van der Waals surface area contributed by atoms with E-state index >= 15 is 0 Å². The molecule has 0 aromatic heterocycles. The molecule has 0 aromatic rings. The van der Waals surface area contributed by atoms with Crippen molar-refractivity contribution in [2.24, 2.45) is 11.8 Å². The first-order chi connectivity index (χ1) is 11.0. The van der Waals surface area contributed by atoms with Gasteiger partial charge >= 0.3 is 6.03 Å². The zero-order valence-corrected chi connectivity index (χ0v) is 14.9. The van der Waals surface area contributed by atoms with Crippen molar-refractivity contribution in [2.45, 2.75) is 64.4 Å². The average Bonchev–Trinajstić information content (AvgIpc) is 2.82. The molecule has 1 heterocycles. The van der Waals surface area contributed by atoms with Crippen LogP contribution in [0.2, 0.25) is 0 Å². The van der Waals surface area contributed by atoms with Gasteiger partial charge < -0.3 is 20.6 Å². The summed E-state index contributed by atoms with van der Waals surface area (Å²) < 4.78 is 0. The van der Waals surface area contributed by atoms with Crippen molar-refractivity contribution in [3.05, 3.63) is 0 Å². The minimum Gasteiger partial charge on any atom is -0.388 e. The van der Waals surface area contributed by atoms with Gasteiger partial charge in [0.2, 0.25) is 0 Å². The molecule has 1 atom stereocenters. The van der Waals surface area contributed by atoms with Crippen molar-refractivity contribution in [3.63, 3.8) is 0 Å². The second-order valence-corrected chi connectivity index (χ2v) is 8.01. The molecule has 1 saturated carbocycles. The molecule has 1 unspecified atom stereocenters. The van der Waals surface area contributed by atoms with Gasteiger partial charge in [-0.1, -0.05) is 39.5 Å². The van der Waals surface area contributed by atoms with E-state index in [2.05, 4.69) is 29.4 Å². The summed E-state index contributed by atoms with van der Waals surface area (Å²) in [6.07, 6.45) is 7.30. The number of likely N-dealkylation sites (tertiary alicyclic amines) is 1. The summed E-state index contributed by atoms with van der Waals surface area (Å²) >= 11 is 0. The van der Waals surface area contributed by atoms with Crippen LogP contribution >= 0.6 is 0 Å². The van der Waals surface area contributed by atoms with Gasteiger partial charge in [0.05, 0.1) is 5.60 Å². The van der Waals surface area contributed by atoms with E-state index in [9.17, 15) is 9.90 Å². The van der Waals surface area contributed by atoms with Gasteiger partial charge in [0.1, 0.15) is 0 Å². The van der Waals surface area contributed by atoms with Crippen molar-refractivity contribution in [2.75, 3.05) is 32.7 Å². The number of aliphatic hydroxyl groups is 1. The first kappa shape index (κ1) is 18.5. The van der Waals surface area contributed by atoms with E-state index < -0.39 is 5.60 Å². The van der Waals surface area contributed by atoms with Crippen LogP contribution in [0.5, 0.6) is 0 Å². The number of carbonyl (C=O) groups excluding carboxylic acids is 1. The lowest BCUT2D eigenvalue weighted by Crippen LogP contribution is -2.47. The zero-order chi connectivity index (χ0) is 16.7. The van der Waals surface area contributed by atoms with Gasteiger partial charge in [-0.25, -0.2) is 4.79 Å². The van der Waals surface area contributed by atoms with Crippen LogP contribution in [0.4, 0.5) is 4.79 Å². The summed E-state index contributed by atoms with van der Waals surface area (Å²) in [5, 5.41) is 16.4. The van der Waals surface area contributed by atoms with E-state index in [-0.39, 0.29) is 6.03 Å². The SMILES string of the molecule is CC(C)CN1CCC(CNC(=O)NCC2(O)CCCCCC2)C1. The van der Waals surface area contributed by atoms with E-state index in [1.165, 1.54) is 12.8 Å². The van der Waals surface area contributed by atoms with Gasteiger partial charge in [-0.15, -0.1) is 0 Å². The second kappa shape index (κ2) is 8.88. The minimum atomic E-state index is -0.699. The Morgan fingerprint density at radius 2 is 1.91 bits per heavy atom. The topological polar surface area (TPSA) is 64.6 Å². The predicted octanol–water partition coefficient (Wildman–Crippen LogP) is 2.35. The molecule has 2 aliphatic rings. The molecule has 1 aliphatic heterocycles. The highest BCUT2D eigenvalue weighted by molar-refractivity contribution is 5.73. The molecule has 0 radical (unpaired) electrons. The monoisotopic (exact) mass is 325 g/mol. The third kappa shape index (κ3) is 6.68. The summed E-state index contributed by atoms with van der Waals surface area (Å²) in [7, 11) is 0. The summed E-state index contributed by atoms with van der Waals surface area (Å²) in [5.74, 6) is 1.26. The fraction of sp³-hybridized carbons (Fsp3) is 0.944. The summed E-state index contributed by atoms with van der Waals surface area (Å²) in [6.45, 7) is 8.99. The van der Waals surface area contributed by atoms with Crippen LogP contribution in [-0.2, 0) is 0 Å². The Bertz CT molecular complexity index is 365. The summed E-state index contributed by atoms with van der Waals surface area (Å²) in [4.78, 5) is 14.5. The smallest absolute Gasteiger partial charge is 0.314 e. The Morgan fingerprint density at radius 3 is 2.57 bits per heavy atom. The Labute approximate surface area is 141 Å². The molecule has 1 saturated heterocycles. The molecule has 2 fully saturated rings. The number of carbonyl (C=O) groups is 1. The first-order valence-corrected chi connectivity index (χ1v) is 9.43. The fourth-order valence-electron chi connectivity index (χ4n) is 3.87. The van der Waals surface area contributed by atoms with E-state index in [0.29, 0.717) is 18.4 Å². The Kier molecular flexibility index (Phi) is 7.15. The molecule has 2 rings (SSSR count). The second-order valence-electron chi connectivity index (χ2n) is 8.01. The quantitative estimate of drug-likeness (QED) is 0.657. The zero-order valence-electron chi connectivity index (χ0n) is 14.9. The van der Waals surface area contributed by atoms with Crippen molar-refractivity contribution in [1.82, 2.24) is 15.5 Å². The number of hydrogen-bond acceptors (Lipinski definition) is 3. The molecular formula is C18H35N3O2. The van der Waals surface area contributed by atoms with Gasteiger partial charge in [0, 0.05) is 26.2 Å². The molecule has 2 amide bonds. The van der Waals surface area contributed by atoms with Crippen molar-refractivity contribution < 1.29 is 9.90 Å². The highest BCUT2D eigenvalue weighted by Gasteiger charge is 2.28. The lowest BCUT2D eigenvalue weighted by atomic mass is 9.95. The lowest BCUT2D eigenvalue weighted by Gasteiger charge is -2.27. The van der Waals surface area contributed by atoms with Crippen LogP contribution in [0, 0.1) is 11.8 Å². The maximum Gasteiger partial charge on any atom is 0.314 e. The highest BCUT2D eigenvalue weighted by atomic mass is 16.3. The van der Waals surface area contributed by atoms with Crippen LogP contribution in [-0.4, -0.2) is 54.4 Å². The van der Waals surface area contributed by atoms with Crippen LogP contribution in [0.3, 0.4) is 0 Å². The van der Waals surface area contributed by atoms with Crippen molar-refractivity contribution >= 4 is 6.03 Å². The fourth-order valence-corrected chi connectivity index (χ4v) is 3.87. The Balaban J connectivity index is 1.62. The predicted molar refractivity (Wildman–Crippen MR) is 93.4 cm³/mol. The van der Waals surface area contributed by atoms with Gasteiger partial charge in [-0.2, -0.15) is 0 Å². The van der Waals surface area contributed by atoms with Gasteiger partial charge in [-0.05, 0) is 37.6 Å². The van der Waals surface area contributed by atoms with E-state index in [1.807, 2.05) is 0 Å². The first-order valence-electron chi connectivity index (χ1n) is 9.43. The number of urea groups is 1. The Hall–Kier alpha value is -0.810. The van der Waals surface area contributed by atoms with Crippen LogP contribution < -0.4 is 10.6 Å².